The van der Waals surface area contributed by atoms with Gasteiger partial charge in [0.15, 0.2) is 6.10 Å². The van der Waals surface area contributed by atoms with E-state index < -0.39 is 43.2 Å². The first-order chi connectivity index (χ1) is 17.6. The molecule has 3 rings (SSSR count). The van der Waals surface area contributed by atoms with Crippen LogP contribution in [0.1, 0.15) is 31.4 Å². The molecule has 0 bridgehead atoms. The van der Waals surface area contributed by atoms with Gasteiger partial charge >= 0.3 is 19.7 Å². The molecule has 3 atom stereocenters. The predicted molar refractivity (Wildman–Crippen MR) is 133 cm³/mol. The number of amides is 1. The maximum absolute atomic E-state index is 13.6. The number of hydrogen-bond acceptors (Lipinski definition) is 9. The van der Waals surface area contributed by atoms with Gasteiger partial charge in [-0.25, -0.2) is 9.65 Å². The van der Waals surface area contributed by atoms with Crippen molar-refractivity contribution in [1.82, 2.24) is 15.4 Å². The Morgan fingerprint density at radius 2 is 1.89 bits per heavy atom. The lowest BCUT2D eigenvalue weighted by atomic mass is 9.87. The highest BCUT2D eigenvalue weighted by Gasteiger charge is 2.49. The van der Waals surface area contributed by atoms with Crippen molar-refractivity contribution < 1.29 is 37.5 Å². The van der Waals surface area contributed by atoms with Gasteiger partial charge in [-0.1, -0.05) is 50.2 Å². The van der Waals surface area contributed by atoms with E-state index in [0.717, 1.165) is 5.56 Å². The van der Waals surface area contributed by atoms with Gasteiger partial charge in [0.2, 0.25) is 5.91 Å². The molecule has 0 saturated carbocycles. The Balaban J connectivity index is 1.72. The Labute approximate surface area is 215 Å². The molecular formula is C25H32N3O8P. The molecule has 200 valence electrons. The number of pyridine rings is 1. The van der Waals surface area contributed by atoms with E-state index in [1.807, 2.05) is 30.3 Å². The fourth-order valence-corrected chi connectivity index (χ4v) is 5.48. The van der Waals surface area contributed by atoms with Gasteiger partial charge in [0.1, 0.15) is 12.6 Å². The quantitative estimate of drug-likeness (QED) is 0.327. The molecule has 1 fully saturated rings. The van der Waals surface area contributed by atoms with Crippen LogP contribution in [0.2, 0.25) is 0 Å². The molecule has 2 aromatic rings. The summed E-state index contributed by atoms with van der Waals surface area (Å²) in [7, 11) is -2.87. The first-order valence-corrected chi connectivity index (χ1v) is 13.3. The van der Waals surface area contributed by atoms with Gasteiger partial charge in [0, 0.05) is 30.8 Å². The third-order valence-corrected chi connectivity index (χ3v) is 7.22. The normalized spacial score (nSPS) is 21.4. The van der Waals surface area contributed by atoms with Crippen LogP contribution in [0.15, 0.2) is 54.9 Å². The highest BCUT2D eigenvalue weighted by atomic mass is 31.2. The average molecular weight is 534 g/mol. The maximum Gasteiger partial charge on any atom is 0.407 e. The number of esters is 2. The van der Waals surface area contributed by atoms with Crippen molar-refractivity contribution in [3.8, 4) is 0 Å². The van der Waals surface area contributed by atoms with E-state index in [-0.39, 0.29) is 32.6 Å². The maximum atomic E-state index is 13.6. The fraction of sp³-hybridized carbons (Fsp3) is 0.440. The summed E-state index contributed by atoms with van der Waals surface area (Å²) in [6, 6.07) is 11.5. The van der Waals surface area contributed by atoms with E-state index >= 15 is 0 Å². The van der Waals surface area contributed by atoms with Crippen molar-refractivity contribution in [1.29, 1.82) is 0 Å². The van der Waals surface area contributed by atoms with Gasteiger partial charge in [0.05, 0.1) is 20.1 Å². The highest BCUT2D eigenvalue weighted by Crippen LogP contribution is 2.53. The smallest absolute Gasteiger partial charge is 0.407 e. The zero-order valence-electron chi connectivity index (χ0n) is 21.0. The number of ether oxygens (including phenoxy) is 2. The minimum Gasteiger partial charge on any atom is -0.469 e. The van der Waals surface area contributed by atoms with Crippen LogP contribution in [0.5, 0.6) is 0 Å². The SMILES string of the molecule is COC(=O)CCNC(=O)[C@@H]1OP(=O)(N[C@@H](Cc2cccnc2)C(=O)OCc2ccccc2)OCC1(C)C. The van der Waals surface area contributed by atoms with Crippen LogP contribution in [0.3, 0.4) is 0 Å². The molecule has 1 aliphatic rings. The van der Waals surface area contributed by atoms with Crippen LogP contribution < -0.4 is 10.4 Å². The Morgan fingerprint density at radius 1 is 1.16 bits per heavy atom. The molecule has 12 heteroatoms. The molecule has 0 aliphatic carbocycles. The van der Waals surface area contributed by atoms with E-state index in [1.165, 1.54) is 7.11 Å². The third kappa shape index (κ3) is 8.46. The van der Waals surface area contributed by atoms with E-state index in [4.69, 9.17) is 13.8 Å². The Kier molecular flexibility index (Phi) is 9.93. The van der Waals surface area contributed by atoms with Crippen molar-refractivity contribution in [3.63, 3.8) is 0 Å². The summed E-state index contributed by atoms with van der Waals surface area (Å²) in [6.07, 6.45) is 2.08. The number of hydrogen-bond donors (Lipinski definition) is 2. The number of nitrogens with one attached hydrogen (secondary N) is 2. The van der Waals surface area contributed by atoms with Gasteiger partial charge in [-0.15, -0.1) is 0 Å². The number of aromatic nitrogens is 1. The zero-order valence-corrected chi connectivity index (χ0v) is 21.9. The van der Waals surface area contributed by atoms with Gasteiger partial charge in [-0.2, -0.15) is 0 Å². The average Bonchev–Trinajstić information content (AvgIpc) is 2.89. The van der Waals surface area contributed by atoms with Crippen molar-refractivity contribution >= 4 is 25.6 Å². The molecule has 37 heavy (non-hydrogen) atoms. The topological polar surface area (TPSA) is 142 Å². The van der Waals surface area contributed by atoms with Crippen LogP contribution in [0.25, 0.3) is 0 Å². The molecule has 0 radical (unpaired) electrons. The second kappa shape index (κ2) is 12.9. The summed E-state index contributed by atoms with van der Waals surface area (Å²) >= 11 is 0. The van der Waals surface area contributed by atoms with Crippen molar-refractivity contribution in [2.75, 3.05) is 20.3 Å². The minimum absolute atomic E-state index is 0.0230. The molecular weight excluding hydrogens is 501 g/mol. The summed E-state index contributed by atoms with van der Waals surface area (Å²) in [4.78, 5) is 41.3. The van der Waals surface area contributed by atoms with Crippen molar-refractivity contribution in [2.24, 2.45) is 5.41 Å². The van der Waals surface area contributed by atoms with Crippen LogP contribution in [-0.2, 0) is 50.5 Å². The summed E-state index contributed by atoms with van der Waals surface area (Å²) in [5.74, 6) is -1.71. The van der Waals surface area contributed by atoms with Gasteiger partial charge in [-0.05, 0) is 17.2 Å². The van der Waals surface area contributed by atoms with Crippen LogP contribution >= 0.6 is 7.75 Å². The molecule has 1 saturated heterocycles. The van der Waals surface area contributed by atoms with Crippen LogP contribution in [-0.4, -0.2) is 55.2 Å². The molecule has 11 nitrogen and oxygen atoms in total. The second-order valence-electron chi connectivity index (χ2n) is 9.20. The second-order valence-corrected chi connectivity index (χ2v) is 10.9. The number of methoxy groups -OCH3 is 1. The number of carbonyl (C=O) groups is 3. The number of nitrogens with zero attached hydrogens (tertiary/aromatic N) is 1. The molecule has 2 N–H and O–H groups in total. The third-order valence-electron chi connectivity index (χ3n) is 5.64. The first kappa shape index (κ1) is 28.5. The standard InChI is InChI=1S/C25H32N3O8P/c1-25(2)17-35-37(32,36-22(25)23(30)27-13-11-21(29)33-3)28-20(14-19-10-7-12-26-15-19)24(31)34-16-18-8-5-4-6-9-18/h4-10,12,15,20,22H,11,13-14,16-17H2,1-3H3,(H,27,30)(H,28,32)/t20-,22-,37?/m0/s1. The summed E-state index contributed by atoms with van der Waals surface area (Å²) < 4.78 is 34.9. The molecule has 1 aromatic carbocycles. The van der Waals surface area contributed by atoms with Gasteiger partial charge in [-0.3, -0.25) is 28.4 Å². The van der Waals surface area contributed by atoms with Crippen molar-refractivity contribution in [3.05, 3.63) is 66.0 Å². The summed E-state index contributed by atoms with van der Waals surface area (Å²) in [5, 5.41) is 5.27. The number of benzene rings is 1. The van der Waals surface area contributed by atoms with Crippen LogP contribution in [0.4, 0.5) is 0 Å². The van der Waals surface area contributed by atoms with Gasteiger partial charge in [0.25, 0.3) is 0 Å². The minimum atomic E-state index is -4.13. The Hall–Kier alpha value is -3.11. The van der Waals surface area contributed by atoms with E-state index in [9.17, 15) is 18.9 Å². The summed E-state index contributed by atoms with van der Waals surface area (Å²) in [5.41, 5.74) is 0.647. The van der Waals surface area contributed by atoms with E-state index in [1.54, 1.807) is 38.4 Å². The fourth-order valence-electron chi connectivity index (χ4n) is 3.55. The van der Waals surface area contributed by atoms with Gasteiger partial charge < -0.3 is 14.8 Å². The zero-order chi connectivity index (χ0) is 26.9. The summed E-state index contributed by atoms with van der Waals surface area (Å²) in [6.45, 7) is 3.42. The lowest BCUT2D eigenvalue weighted by molar-refractivity contribution is -0.147. The lowest BCUT2D eigenvalue weighted by Crippen LogP contribution is -2.52. The monoisotopic (exact) mass is 533 g/mol. The first-order valence-electron chi connectivity index (χ1n) is 11.8. The Morgan fingerprint density at radius 3 is 2.57 bits per heavy atom. The highest BCUT2D eigenvalue weighted by molar-refractivity contribution is 7.51. The van der Waals surface area contributed by atoms with E-state index in [2.05, 4.69) is 20.1 Å². The molecule has 1 aromatic heterocycles. The molecule has 0 spiro atoms. The predicted octanol–water partition coefficient (Wildman–Crippen LogP) is 2.55. The molecule has 1 aliphatic heterocycles. The number of rotatable bonds is 11. The van der Waals surface area contributed by atoms with Crippen molar-refractivity contribution in [2.45, 2.75) is 45.4 Å². The molecule has 1 unspecified atom stereocenters. The molecule has 1 amide bonds. The molecule has 2 heterocycles. The number of carbonyl (C=O) groups excluding carboxylic acids is 3. The lowest BCUT2D eigenvalue weighted by Gasteiger charge is -2.40. The van der Waals surface area contributed by atoms with E-state index in [0.29, 0.717) is 5.56 Å². The largest absolute Gasteiger partial charge is 0.469 e. The Bertz CT molecular complexity index is 1110. The van der Waals surface area contributed by atoms with Crippen LogP contribution in [0, 0.1) is 5.41 Å².